The summed E-state index contributed by atoms with van der Waals surface area (Å²) in [7, 11) is 0. The van der Waals surface area contributed by atoms with E-state index in [1.165, 1.54) is 38.5 Å². The summed E-state index contributed by atoms with van der Waals surface area (Å²) in [5.74, 6) is -5.83. The Morgan fingerprint density at radius 1 is 0.731 bits per heavy atom. The lowest BCUT2D eigenvalue weighted by molar-refractivity contribution is -0.155. The fourth-order valence-corrected chi connectivity index (χ4v) is 3.13. The number of ether oxygens (including phenoxy) is 1. The molecule has 0 aromatic heterocycles. The van der Waals surface area contributed by atoms with Gasteiger partial charge in [-0.25, -0.2) is 4.79 Å². The third kappa shape index (κ3) is 9.22. The van der Waals surface area contributed by atoms with Crippen LogP contribution in [0.25, 0.3) is 0 Å². The fraction of sp³-hybridized carbons (Fsp3) is 0.800. The molecule has 0 aromatic carbocycles. The van der Waals surface area contributed by atoms with Gasteiger partial charge in [0.2, 0.25) is 5.78 Å². The largest absolute Gasteiger partial charge is 0.475 e. The minimum absolute atomic E-state index is 0.0571. The molecule has 1 aliphatic rings. The number of carbonyl (C=O) groups excluding carboxylic acids is 3. The van der Waals surface area contributed by atoms with Gasteiger partial charge >= 0.3 is 11.8 Å². The second-order valence-corrected chi connectivity index (χ2v) is 7.11. The summed E-state index contributed by atoms with van der Waals surface area (Å²) in [5.41, 5.74) is 0. The Kier molecular flexibility index (Phi) is 11.0. The number of carboxylic acid groups (broad SMARTS) is 1. The van der Waals surface area contributed by atoms with Gasteiger partial charge in [0.05, 0.1) is 12.2 Å². The van der Waals surface area contributed by atoms with Crippen molar-refractivity contribution in [2.24, 2.45) is 0 Å². The molecule has 1 N–H and O–H groups in total. The minimum Gasteiger partial charge on any atom is -0.475 e. The first-order valence-electron chi connectivity index (χ1n) is 9.97. The van der Waals surface area contributed by atoms with Crippen LogP contribution in [0, 0.1) is 0 Å². The van der Waals surface area contributed by atoms with Crippen LogP contribution < -0.4 is 0 Å². The summed E-state index contributed by atoms with van der Waals surface area (Å²) in [5, 5.41) is 8.39. The minimum atomic E-state index is -1.87. The molecule has 0 aromatic rings. The van der Waals surface area contributed by atoms with Crippen molar-refractivity contribution in [3.63, 3.8) is 0 Å². The Bertz CT molecular complexity index is 485. The van der Waals surface area contributed by atoms with E-state index in [0.717, 1.165) is 32.1 Å². The van der Waals surface area contributed by atoms with Crippen LogP contribution in [0.2, 0.25) is 0 Å². The van der Waals surface area contributed by atoms with Crippen LogP contribution in [-0.4, -0.2) is 40.6 Å². The SMILES string of the molecule is CCCCCCCCC1OC1CCCCCCC(=O)C(=O)C(=O)C(=O)O. The molecule has 1 fully saturated rings. The highest BCUT2D eigenvalue weighted by atomic mass is 16.6. The number of ketones is 3. The lowest BCUT2D eigenvalue weighted by atomic mass is 10.0. The molecule has 26 heavy (non-hydrogen) atoms. The van der Waals surface area contributed by atoms with E-state index in [1.807, 2.05) is 0 Å². The summed E-state index contributed by atoms with van der Waals surface area (Å²) in [6, 6.07) is 0. The van der Waals surface area contributed by atoms with Crippen molar-refractivity contribution < 1.29 is 29.0 Å². The van der Waals surface area contributed by atoms with E-state index in [4.69, 9.17) is 9.84 Å². The molecule has 1 heterocycles. The third-order valence-corrected chi connectivity index (χ3v) is 4.83. The molecule has 6 nitrogen and oxygen atoms in total. The highest BCUT2D eigenvalue weighted by molar-refractivity contribution is 6.76. The lowest BCUT2D eigenvalue weighted by Crippen LogP contribution is -2.29. The normalized spacial score (nSPS) is 18.5. The molecule has 6 heteroatoms. The number of hydrogen-bond donors (Lipinski definition) is 1. The van der Waals surface area contributed by atoms with Crippen molar-refractivity contribution in [2.45, 2.75) is 103 Å². The van der Waals surface area contributed by atoms with Crippen molar-refractivity contribution in [1.82, 2.24) is 0 Å². The highest BCUT2D eigenvalue weighted by Gasteiger charge is 2.36. The molecule has 0 amide bonds. The number of unbranched alkanes of at least 4 members (excludes halogenated alkanes) is 8. The van der Waals surface area contributed by atoms with Crippen LogP contribution in [0.5, 0.6) is 0 Å². The maximum Gasteiger partial charge on any atom is 0.380 e. The predicted molar refractivity (Wildman–Crippen MR) is 97.0 cm³/mol. The highest BCUT2D eigenvalue weighted by Crippen LogP contribution is 2.31. The van der Waals surface area contributed by atoms with E-state index in [9.17, 15) is 19.2 Å². The van der Waals surface area contributed by atoms with Gasteiger partial charge in [-0.05, 0) is 19.3 Å². The molecular weight excluding hydrogens is 336 g/mol. The van der Waals surface area contributed by atoms with Crippen LogP contribution in [0.15, 0.2) is 0 Å². The number of carbonyl (C=O) groups is 4. The zero-order valence-electron chi connectivity index (χ0n) is 15.8. The zero-order valence-corrected chi connectivity index (χ0v) is 15.8. The molecule has 1 aliphatic heterocycles. The Hall–Kier alpha value is -1.56. The van der Waals surface area contributed by atoms with Crippen LogP contribution in [0.4, 0.5) is 0 Å². The Balaban J connectivity index is 1.93. The van der Waals surface area contributed by atoms with Crippen LogP contribution in [0.3, 0.4) is 0 Å². The average Bonchev–Trinajstić information content (AvgIpc) is 3.37. The molecule has 0 aliphatic carbocycles. The quantitative estimate of drug-likeness (QED) is 0.182. The van der Waals surface area contributed by atoms with Crippen LogP contribution in [0.1, 0.15) is 90.4 Å². The summed E-state index contributed by atoms with van der Waals surface area (Å²) < 4.78 is 5.68. The molecular formula is C20H32O6. The van der Waals surface area contributed by atoms with E-state index in [2.05, 4.69) is 6.92 Å². The first-order valence-corrected chi connectivity index (χ1v) is 9.97. The maximum atomic E-state index is 11.4. The maximum absolute atomic E-state index is 11.4. The van der Waals surface area contributed by atoms with Crippen molar-refractivity contribution in [3.8, 4) is 0 Å². The Morgan fingerprint density at radius 2 is 1.23 bits per heavy atom. The van der Waals surface area contributed by atoms with E-state index in [0.29, 0.717) is 18.6 Å². The van der Waals surface area contributed by atoms with Gasteiger partial charge in [-0.3, -0.25) is 14.4 Å². The van der Waals surface area contributed by atoms with E-state index >= 15 is 0 Å². The number of aliphatic carboxylic acids is 1. The fourth-order valence-electron chi connectivity index (χ4n) is 3.13. The van der Waals surface area contributed by atoms with Crippen LogP contribution in [-0.2, 0) is 23.9 Å². The van der Waals surface area contributed by atoms with Crippen LogP contribution >= 0.6 is 0 Å². The lowest BCUT2D eigenvalue weighted by Gasteiger charge is -2.00. The van der Waals surface area contributed by atoms with E-state index in [1.54, 1.807) is 0 Å². The Morgan fingerprint density at radius 3 is 1.77 bits per heavy atom. The number of carboxylic acids is 1. The van der Waals surface area contributed by atoms with Gasteiger partial charge in [0.25, 0.3) is 5.78 Å². The standard InChI is InChI=1S/C20H32O6/c1-2-3-4-5-6-10-13-16-17(26-16)14-11-8-7-9-12-15(21)18(22)19(23)20(24)25/h16-17H,2-14H2,1H3,(H,24,25). The number of Topliss-reactive ketones (excluding diaryl/α,β-unsaturated/α-hetero) is 3. The number of epoxide rings is 1. The van der Waals surface area contributed by atoms with Gasteiger partial charge in [-0.1, -0.05) is 64.7 Å². The molecule has 2 atom stereocenters. The topological polar surface area (TPSA) is 101 Å². The molecule has 0 bridgehead atoms. The molecule has 0 spiro atoms. The molecule has 2 unspecified atom stereocenters. The van der Waals surface area contributed by atoms with Crippen molar-refractivity contribution in [3.05, 3.63) is 0 Å². The van der Waals surface area contributed by atoms with Gasteiger partial charge in [0.15, 0.2) is 0 Å². The molecule has 0 saturated carbocycles. The third-order valence-electron chi connectivity index (χ3n) is 4.83. The van der Waals surface area contributed by atoms with E-state index in [-0.39, 0.29) is 6.42 Å². The zero-order chi connectivity index (χ0) is 19.4. The second kappa shape index (κ2) is 12.7. The first-order chi connectivity index (χ1) is 12.5. The van der Waals surface area contributed by atoms with Gasteiger partial charge in [-0.15, -0.1) is 0 Å². The van der Waals surface area contributed by atoms with Gasteiger partial charge in [-0.2, -0.15) is 0 Å². The predicted octanol–water partition coefficient (Wildman–Crippen LogP) is 3.64. The summed E-state index contributed by atoms with van der Waals surface area (Å²) >= 11 is 0. The molecule has 1 saturated heterocycles. The van der Waals surface area contributed by atoms with Crippen molar-refractivity contribution in [1.29, 1.82) is 0 Å². The molecule has 148 valence electrons. The molecule has 1 rings (SSSR count). The smallest absolute Gasteiger partial charge is 0.380 e. The summed E-state index contributed by atoms with van der Waals surface area (Å²) in [6.07, 6.45) is 14.0. The van der Waals surface area contributed by atoms with E-state index < -0.39 is 23.3 Å². The summed E-state index contributed by atoms with van der Waals surface area (Å²) in [4.78, 5) is 43.8. The number of rotatable bonds is 17. The van der Waals surface area contributed by atoms with Gasteiger partial charge in [0, 0.05) is 6.42 Å². The first kappa shape index (κ1) is 22.5. The number of hydrogen-bond acceptors (Lipinski definition) is 5. The van der Waals surface area contributed by atoms with Gasteiger partial charge in [0.1, 0.15) is 0 Å². The molecule has 0 radical (unpaired) electrons. The second-order valence-electron chi connectivity index (χ2n) is 7.11. The van der Waals surface area contributed by atoms with Crippen molar-refractivity contribution >= 4 is 23.3 Å². The monoisotopic (exact) mass is 368 g/mol. The summed E-state index contributed by atoms with van der Waals surface area (Å²) in [6.45, 7) is 2.22. The van der Waals surface area contributed by atoms with Gasteiger partial charge < -0.3 is 9.84 Å². The average molecular weight is 368 g/mol. The Labute approximate surface area is 155 Å². The van der Waals surface area contributed by atoms with Crippen molar-refractivity contribution in [2.75, 3.05) is 0 Å².